The summed E-state index contributed by atoms with van der Waals surface area (Å²) in [6.07, 6.45) is 2.25. The maximum Gasteiger partial charge on any atom is 0.0701 e. The van der Waals surface area contributed by atoms with E-state index in [0.717, 1.165) is 24.8 Å². The quantitative estimate of drug-likeness (QED) is 0.0877. The molecule has 0 saturated carbocycles. The minimum Gasteiger partial charge on any atom is -0.379 e. The van der Waals surface area contributed by atoms with Crippen molar-refractivity contribution >= 4 is 15.9 Å². The number of rotatable bonds is 32. The van der Waals surface area contributed by atoms with Crippen LogP contribution in [0.25, 0.3) is 0 Å². The molecule has 0 N–H and O–H groups in total. The smallest absolute Gasteiger partial charge is 0.0701 e. The highest BCUT2D eigenvalue weighted by molar-refractivity contribution is 9.09. The number of hydrogen-bond donors (Lipinski definition) is 0. The Morgan fingerprint density at radius 3 is 0.714 bits per heavy atom. The van der Waals surface area contributed by atoms with Crippen LogP contribution in [0.1, 0.15) is 19.8 Å². The van der Waals surface area contributed by atoms with E-state index in [1.807, 2.05) is 0 Å². The van der Waals surface area contributed by atoms with Gasteiger partial charge < -0.3 is 47.4 Å². The molecule has 0 heterocycles. The first kappa shape index (κ1) is 35.1. The monoisotopic (exact) mass is 576 g/mol. The number of halogens is 1. The molecule has 35 heavy (non-hydrogen) atoms. The summed E-state index contributed by atoms with van der Waals surface area (Å²) in [5.41, 5.74) is 0. The first-order valence-electron chi connectivity index (χ1n) is 12.7. The molecule has 0 atom stereocenters. The van der Waals surface area contributed by atoms with E-state index in [2.05, 4.69) is 22.9 Å². The van der Waals surface area contributed by atoms with Crippen molar-refractivity contribution in [1.29, 1.82) is 0 Å². The minimum atomic E-state index is 0.531. The fourth-order valence-electron chi connectivity index (χ4n) is 2.38. The maximum atomic E-state index is 5.45. The van der Waals surface area contributed by atoms with Gasteiger partial charge in [-0.15, -0.1) is 0 Å². The van der Waals surface area contributed by atoms with Gasteiger partial charge in [0.25, 0.3) is 0 Å². The van der Waals surface area contributed by atoms with Crippen LogP contribution >= 0.6 is 15.9 Å². The van der Waals surface area contributed by atoms with E-state index >= 15 is 0 Å². The molecule has 212 valence electrons. The number of hydrogen-bond acceptors (Lipinski definition) is 10. The Hall–Kier alpha value is 0.0800. The lowest BCUT2D eigenvalue weighted by atomic mass is 10.4. The fourth-order valence-corrected chi connectivity index (χ4v) is 2.61. The third-order valence-electron chi connectivity index (χ3n) is 4.21. The summed E-state index contributed by atoms with van der Waals surface area (Å²) in [6, 6.07) is 0. The second kappa shape index (κ2) is 34.1. The molecule has 10 nitrogen and oxygen atoms in total. The van der Waals surface area contributed by atoms with E-state index < -0.39 is 0 Å². The summed E-state index contributed by atoms with van der Waals surface area (Å²) in [5, 5.41) is 0.843. The minimum absolute atomic E-state index is 0.531. The number of ether oxygens (including phenoxy) is 10. The zero-order valence-electron chi connectivity index (χ0n) is 21.7. The highest BCUT2D eigenvalue weighted by Crippen LogP contribution is 1.89. The molecule has 0 aromatic carbocycles. The molecule has 0 saturated heterocycles. The SMILES string of the molecule is CCCCOCCOCCOCCOCCOCCOCCOCCOCCOCCOCCBr. The summed E-state index contributed by atoms with van der Waals surface area (Å²) in [6.45, 7) is 13.7. The lowest BCUT2D eigenvalue weighted by Crippen LogP contribution is -2.15. The first-order chi connectivity index (χ1) is 17.4. The van der Waals surface area contributed by atoms with Crippen LogP contribution in [-0.2, 0) is 47.4 Å². The van der Waals surface area contributed by atoms with E-state index in [4.69, 9.17) is 47.4 Å². The predicted molar refractivity (Wildman–Crippen MR) is 137 cm³/mol. The van der Waals surface area contributed by atoms with Gasteiger partial charge in [-0.05, 0) is 6.42 Å². The van der Waals surface area contributed by atoms with Gasteiger partial charge in [-0.3, -0.25) is 0 Å². The molecule has 0 bridgehead atoms. The zero-order valence-corrected chi connectivity index (χ0v) is 23.3. The summed E-state index contributed by atoms with van der Waals surface area (Å²) < 4.78 is 54.1. The second-order valence-electron chi connectivity index (χ2n) is 7.17. The molecule has 0 aliphatic heterocycles. The molecule has 0 spiro atoms. The van der Waals surface area contributed by atoms with Gasteiger partial charge in [0.15, 0.2) is 0 Å². The van der Waals surface area contributed by atoms with Gasteiger partial charge in [-0.1, -0.05) is 29.3 Å². The summed E-state index contributed by atoms with van der Waals surface area (Å²) >= 11 is 3.30. The Balaban J connectivity index is 3.00. The summed E-state index contributed by atoms with van der Waals surface area (Å²) in [4.78, 5) is 0. The third-order valence-corrected chi connectivity index (χ3v) is 4.54. The van der Waals surface area contributed by atoms with E-state index in [1.54, 1.807) is 0 Å². The molecule has 0 amide bonds. The Bertz CT molecular complexity index is 337. The van der Waals surface area contributed by atoms with Gasteiger partial charge >= 0.3 is 0 Å². The molecule has 0 aliphatic carbocycles. The van der Waals surface area contributed by atoms with Gasteiger partial charge in [0, 0.05) is 11.9 Å². The van der Waals surface area contributed by atoms with E-state index in [0.29, 0.717) is 126 Å². The molecule has 0 rings (SSSR count). The Morgan fingerprint density at radius 1 is 0.314 bits per heavy atom. The van der Waals surface area contributed by atoms with Gasteiger partial charge in [0.2, 0.25) is 0 Å². The molecule has 0 radical (unpaired) electrons. The molecule has 0 aromatic rings. The van der Waals surface area contributed by atoms with Gasteiger partial charge in [-0.25, -0.2) is 0 Å². The van der Waals surface area contributed by atoms with E-state index in [9.17, 15) is 0 Å². The highest BCUT2D eigenvalue weighted by atomic mass is 79.9. The molecule has 11 heteroatoms. The average molecular weight is 578 g/mol. The van der Waals surface area contributed by atoms with Gasteiger partial charge in [-0.2, -0.15) is 0 Å². The van der Waals surface area contributed by atoms with Crippen LogP contribution in [0.3, 0.4) is 0 Å². The lowest BCUT2D eigenvalue weighted by Gasteiger charge is -2.09. The van der Waals surface area contributed by atoms with Crippen molar-refractivity contribution in [1.82, 2.24) is 0 Å². The van der Waals surface area contributed by atoms with Crippen LogP contribution in [0.4, 0.5) is 0 Å². The Kier molecular flexibility index (Phi) is 34.2. The number of unbranched alkanes of at least 4 members (excludes halogenated alkanes) is 1. The van der Waals surface area contributed by atoms with Crippen molar-refractivity contribution in [3.63, 3.8) is 0 Å². The number of alkyl halides is 1. The van der Waals surface area contributed by atoms with Gasteiger partial charge in [0.1, 0.15) is 0 Å². The van der Waals surface area contributed by atoms with Crippen molar-refractivity contribution in [2.24, 2.45) is 0 Å². The molecular weight excluding hydrogens is 528 g/mol. The molecule has 0 aliphatic rings. The van der Waals surface area contributed by atoms with Crippen LogP contribution in [0.15, 0.2) is 0 Å². The van der Waals surface area contributed by atoms with Gasteiger partial charge in [0.05, 0.1) is 126 Å². The van der Waals surface area contributed by atoms with Crippen LogP contribution in [0.5, 0.6) is 0 Å². The topological polar surface area (TPSA) is 92.3 Å². The normalized spacial score (nSPS) is 11.5. The first-order valence-corrected chi connectivity index (χ1v) is 13.9. The largest absolute Gasteiger partial charge is 0.379 e. The Morgan fingerprint density at radius 2 is 0.514 bits per heavy atom. The molecule has 0 unspecified atom stereocenters. The van der Waals surface area contributed by atoms with Crippen LogP contribution in [0.2, 0.25) is 0 Å². The molecule has 0 fully saturated rings. The van der Waals surface area contributed by atoms with Crippen LogP contribution < -0.4 is 0 Å². The molecule has 0 aromatic heterocycles. The van der Waals surface area contributed by atoms with Crippen molar-refractivity contribution in [2.75, 3.05) is 137 Å². The van der Waals surface area contributed by atoms with Crippen molar-refractivity contribution in [3.8, 4) is 0 Å². The molecular formula is C24H49BrO10. The third kappa shape index (κ3) is 34.1. The fraction of sp³-hybridized carbons (Fsp3) is 1.00. The van der Waals surface area contributed by atoms with E-state index in [1.165, 1.54) is 0 Å². The average Bonchev–Trinajstić information content (AvgIpc) is 2.87. The van der Waals surface area contributed by atoms with E-state index in [-0.39, 0.29) is 0 Å². The van der Waals surface area contributed by atoms with Crippen molar-refractivity contribution in [3.05, 3.63) is 0 Å². The predicted octanol–water partition coefficient (Wildman–Crippen LogP) is 2.35. The second-order valence-corrected chi connectivity index (χ2v) is 7.96. The van der Waals surface area contributed by atoms with Crippen LogP contribution in [-0.4, -0.2) is 137 Å². The summed E-state index contributed by atoms with van der Waals surface area (Å²) in [5.74, 6) is 0. The zero-order chi connectivity index (χ0) is 25.3. The lowest BCUT2D eigenvalue weighted by molar-refractivity contribution is -0.0262. The van der Waals surface area contributed by atoms with Crippen molar-refractivity contribution in [2.45, 2.75) is 19.8 Å². The highest BCUT2D eigenvalue weighted by Gasteiger charge is 1.95. The summed E-state index contributed by atoms with van der Waals surface area (Å²) in [7, 11) is 0. The Labute approximate surface area is 220 Å². The van der Waals surface area contributed by atoms with Crippen LogP contribution in [0, 0.1) is 0 Å². The standard InChI is InChI=1S/C24H49BrO10/c1-2-3-5-26-7-9-28-11-13-30-15-17-32-19-21-34-23-24-35-22-20-33-18-16-31-14-12-29-10-8-27-6-4-25/h2-24H2,1H3. The maximum absolute atomic E-state index is 5.45. The van der Waals surface area contributed by atoms with Crippen molar-refractivity contribution < 1.29 is 47.4 Å².